The largest absolute Gasteiger partial charge is 0.507 e. The van der Waals surface area contributed by atoms with Gasteiger partial charge in [0.1, 0.15) is 17.4 Å². The number of carbonyl (C=O) groups is 1. The highest BCUT2D eigenvalue weighted by Gasteiger charge is 2.40. The highest BCUT2D eigenvalue weighted by Crippen LogP contribution is 2.37. The van der Waals surface area contributed by atoms with Gasteiger partial charge in [0.2, 0.25) is 0 Å². The number of benzene rings is 1. The topological polar surface area (TPSA) is 83.5 Å². The van der Waals surface area contributed by atoms with Gasteiger partial charge in [0, 0.05) is 5.56 Å². The van der Waals surface area contributed by atoms with Crippen molar-refractivity contribution in [2.24, 2.45) is 5.73 Å². The molecule has 1 atom stereocenters. The first-order valence-corrected chi connectivity index (χ1v) is 4.53. The van der Waals surface area contributed by atoms with Crippen LogP contribution in [-0.4, -0.2) is 22.4 Å². The fourth-order valence-corrected chi connectivity index (χ4v) is 1.38. The Balaban J connectivity index is 0.00000289. The summed E-state index contributed by atoms with van der Waals surface area (Å²) < 4.78 is 37.2. The van der Waals surface area contributed by atoms with E-state index in [0.717, 1.165) is 12.1 Å². The molecule has 18 heavy (non-hydrogen) atoms. The molecule has 8 heteroatoms. The minimum Gasteiger partial charge on any atom is -0.507 e. The average molecular weight is 286 g/mol. The minimum absolute atomic E-state index is 0. The van der Waals surface area contributed by atoms with Gasteiger partial charge in [0.15, 0.2) is 0 Å². The molecule has 1 aromatic carbocycles. The second-order valence-electron chi connectivity index (χ2n) is 3.57. The maximum absolute atomic E-state index is 12.4. The van der Waals surface area contributed by atoms with Crippen LogP contribution in [0.3, 0.4) is 0 Å². The van der Waals surface area contributed by atoms with Crippen molar-refractivity contribution in [3.05, 3.63) is 28.8 Å². The lowest BCUT2D eigenvalue weighted by Gasteiger charge is -2.18. The Hall–Kier alpha value is -1.47. The summed E-state index contributed by atoms with van der Waals surface area (Å²) in [4.78, 5) is 10.7. The van der Waals surface area contributed by atoms with Crippen LogP contribution in [0.1, 0.15) is 27.5 Å². The van der Waals surface area contributed by atoms with Gasteiger partial charge in [-0.25, -0.2) is 4.79 Å². The maximum atomic E-state index is 12.4. The molecule has 0 radical (unpaired) electrons. The van der Waals surface area contributed by atoms with Crippen LogP contribution in [-0.2, 0) is 0 Å². The maximum Gasteiger partial charge on any atom is 0.407 e. The summed E-state index contributed by atoms with van der Waals surface area (Å²) in [5, 5.41) is 18.2. The molecule has 0 aliphatic carbocycles. The number of hydrogen-bond donors (Lipinski definition) is 3. The quantitative estimate of drug-likeness (QED) is 0.779. The van der Waals surface area contributed by atoms with Gasteiger partial charge in [-0.2, -0.15) is 13.2 Å². The van der Waals surface area contributed by atoms with Crippen LogP contribution in [0, 0.1) is 6.92 Å². The van der Waals surface area contributed by atoms with Crippen molar-refractivity contribution in [3.63, 3.8) is 0 Å². The molecule has 1 aromatic rings. The number of aromatic carboxylic acids is 1. The van der Waals surface area contributed by atoms with Crippen LogP contribution in [0.25, 0.3) is 0 Å². The van der Waals surface area contributed by atoms with E-state index < -0.39 is 35.1 Å². The highest BCUT2D eigenvalue weighted by atomic mass is 35.5. The lowest BCUT2D eigenvalue weighted by Crippen LogP contribution is -2.28. The normalized spacial score (nSPS) is 12.7. The summed E-state index contributed by atoms with van der Waals surface area (Å²) in [6.45, 7) is 1.42. The first-order valence-electron chi connectivity index (χ1n) is 4.53. The van der Waals surface area contributed by atoms with Gasteiger partial charge in [0.05, 0.1) is 0 Å². The zero-order chi connectivity index (χ0) is 13.4. The number of rotatable bonds is 2. The Morgan fingerprint density at radius 3 is 2.28 bits per heavy atom. The Morgan fingerprint density at radius 2 is 1.89 bits per heavy atom. The predicted molar refractivity (Wildman–Crippen MR) is 60.0 cm³/mol. The average Bonchev–Trinajstić information content (AvgIpc) is 2.18. The molecule has 0 aliphatic rings. The van der Waals surface area contributed by atoms with Gasteiger partial charge in [-0.05, 0) is 18.6 Å². The molecule has 0 saturated carbocycles. The molecule has 102 valence electrons. The number of aromatic hydroxyl groups is 1. The van der Waals surface area contributed by atoms with Crippen molar-refractivity contribution < 1.29 is 28.2 Å². The van der Waals surface area contributed by atoms with Crippen molar-refractivity contribution in [2.75, 3.05) is 0 Å². The number of alkyl halides is 3. The zero-order valence-electron chi connectivity index (χ0n) is 9.15. The predicted octanol–water partition coefficient (Wildman–Crippen LogP) is 2.38. The molecule has 0 spiro atoms. The van der Waals surface area contributed by atoms with Gasteiger partial charge < -0.3 is 15.9 Å². The van der Waals surface area contributed by atoms with Crippen LogP contribution in [0.2, 0.25) is 0 Å². The van der Waals surface area contributed by atoms with Crippen LogP contribution in [0.15, 0.2) is 12.1 Å². The van der Waals surface area contributed by atoms with E-state index in [1.807, 2.05) is 0 Å². The lowest BCUT2D eigenvalue weighted by molar-refractivity contribution is -0.149. The Morgan fingerprint density at radius 1 is 1.39 bits per heavy atom. The van der Waals surface area contributed by atoms with E-state index in [4.69, 9.17) is 10.8 Å². The Bertz CT molecular complexity index is 462. The van der Waals surface area contributed by atoms with Gasteiger partial charge >= 0.3 is 12.1 Å². The summed E-state index contributed by atoms with van der Waals surface area (Å²) in [5.74, 6) is -2.46. The third-order valence-corrected chi connectivity index (χ3v) is 2.20. The van der Waals surface area contributed by atoms with Crippen molar-refractivity contribution >= 4 is 18.4 Å². The molecule has 0 bridgehead atoms. The Labute approximate surface area is 107 Å². The van der Waals surface area contributed by atoms with Crippen molar-refractivity contribution in [2.45, 2.75) is 19.1 Å². The van der Waals surface area contributed by atoms with Crippen molar-refractivity contribution in [1.82, 2.24) is 0 Å². The van der Waals surface area contributed by atoms with E-state index in [9.17, 15) is 23.1 Å². The molecule has 0 amide bonds. The molecule has 0 aliphatic heterocycles. The first-order chi connectivity index (χ1) is 7.64. The van der Waals surface area contributed by atoms with Crippen LogP contribution < -0.4 is 5.73 Å². The molecule has 0 aromatic heterocycles. The number of phenols is 1. The summed E-state index contributed by atoms with van der Waals surface area (Å²) in [6, 6.07) is -0.329. The third kappa shape index (κ3) is 3.27. The number of carboxylic acid groups (broad SMARTS) is 1. The molecular weight excluding hydrogens is 275 g/mol. The highest BCUT2D eigenvalue weighted by molar-refractivity contribution is 5.91. The summed E-state index contributed by atoms with van der Waals surface area (Å²) in [5.41, 5.74) is 3.96. The van der Waals surface area contributed by atoms with Gasteiger partial charge in [-0.3, -0.25) is 0 Å². The van der Waals surface area contributed by atoms with Gasteiger partial charge in [-0.15, -0.1) is 12.4 Å². The smallest absolute Gasteiger partial charge is 0.407 e. The molecule has 0 heterocycles. The minimum atomic E-state index is -4.75. The number of hydrogen-bond acceptors (Lipinski definition) is 3. The fourth-order valence-electron chi connectivity index (χ4n) is 1.38. The fraction of sp³-hybridized carbons (Fsp3) is 0.300. The Kier molecular flexibility index (Phi) is 5.00. The summed E-state index contributed by atoms with van der Waals surface area (Å²) in [6.07, 6.45) is -4.75. The van der Waals surface area contributed by atoms with E-state index in [0.29, 0.717) is 0 Å². The first kappa shape index (κ1) is 16.5. The zero-order valence-corrected chi connectivity index (χ0v) is 9.97. The van der Waals surface area contributed by atoms with E-state index in [1.165, 1.54) is 6.92 Å². The molecule has 0 unspecified atom stereocenters. The summed E-state index contributed by atoms with van der Waals surface area (Å²) >= 11 is 0. The number of carboxylic acids is 1. The second-order valence-corrected chi connectivity index (χ2v) is 3.57. The monoisotopic (exact) mass is 285 g/mol. The van der Waals surface area contributed by atoms with E-state index in [1.54, 1.807) is 0 Å². The number of aryl methyl sites for hydroxylation is 1. The molecule has 4 nitrogen and oxygen atoms in total. The molecular formula is C10H11ClF3NO3. The van der Waals surface area contributed by atoms with Gasteiger partial charge in [-0.1, -0.05) is 6.07 Å². The number of halogens is 4. The number of nitrogens with two attached hydrogens (primary N) is 1. The van der Waals surface area contributed by atoms with E-state index in [2.05, 4.69) is 0 Å². The van der Waals surface area contributed by atoms with Crippen molar-refractivity contribution in [3.8, 4) is 5.75 Å². The van der Waals surface area contributed by atoms with Gasteiger partial charge in [0.25, 0.3) is 0 Å². The third-order valence-electron chi connectivity index (χ3n) is 2.20. The van der Waals surface area contributed by atoms with Crippen LogP contribution in [0.4, 0.5) is 13.2 Å². The van der Waals surface area contributed by atoms with Crippen molar-refractivity contribution in [1.29, 1.82) is 0 Å². The lowest BCUT2D eigenvalue weighted by atomic mass is 9.99. The SMILES string of the molecule is Cc1cc(C(=O)O)c(O)c([C@@H](N)C(F)(F)F)c1.Cl. The molecule has 0 saturated heterocycles. The molecule has 1 rings (SSSR count). The van der Waals surface area contributed by atoms with E-state index in [-0.39, 0.29) is 18.0 Å². The standard InChI is InChI=1S/C10H10F3NO3.ClH/c1-4-2-5(8(14)10(11,12)13)7(15)6(3-4)9(16)17;/h2-3,8,15H,14H2,1H3,(H,16,17);1H/t8-;/m1./s1. The second kappa shape index (κ2) is 5.45. The van der Waals surface area contributed by atoms with Crippen LogP contribution in [0.5, 0.6) is 5.75 Å². The van der Waals surface area contributed by atoms with Crippen LogP contribution >= 0.6 is 12.4 Å². The molecule has 0 fully saturated rings. The van der Waals surface area contributed by atoms with E-state index >= 15 is 0 Å². The molecule has 4 N–H and O–H groups in total. The summed E-state index contributed by atoms with van der Waals surface area (Å²) in [7, 11) is 0.